The highest BCUT2D eigenvalue weighted by Gasteiger charge is 2.13. The van der Waals surface area contributed by atoms with E-state index in [2.05, 4.69) is 60.3 Å². The quantitative estimate of drug-likeness (QED) is 0.858. The molecule has 1 aliphatic rings. The first-order chi connectivity index (χ1) is 9.69. The average molecular weight is 275 g/mol. The minimum Gasteiger partial charge on any atom is -0.316 e. The molecule has 0 amide bonds. The molecule has 0 radical (unpaired) electrons. The third kappa shape index (κ3) is 4.58. The van der Waals surface area contributed by atoms with Gasteiger partial charge >= 0.3 is 0 Å². The van der Waals surface area contributed by atoms with E-state index in [-0.39, 0.29) is 0 Å². The summed E-state index contributed by atoms with van der Waals surface area (Å²) in [5, 5.41) is 3.42. The van der Waals surface area contributed by atoms with Crippen molar-refractivity contribution in [2.45, 2.75) is 26.3 Å². The molecule has 2 rings (SSSR count). The number of benzene rings is 1. The van der Waals surface area contributed by atoms with Crippen LogP contribution in [0.4, 0.5) is 0 Å². The molecular formula is C17H29N3. The van der Waals surface area contributed by atoms with Crippen molar-refractivity contribution in [3.8, 4) is 0 Å². The van der Waals surface area contributed by atoms with E-state index in [9.17, 15) is 0 Å². The second-order valence-electron chi connectivity index (χ2n) is 6.03. The number of likely N-dealkylation sites (N-methyl/N-ethyl adjacent to an activating group) is 2. The van der Waals surface area contributed by atoms with Crippen molar-refractivity contribution in [3.63, 3.8) is 0 Å². The molecule has 1 unspecified atom stereocenters. The Kier molecular flexibility index (Phi) is 6.02. The Hall–Kier alpha value is -0.900. The summed E-state index contributed by atoms with van der Waals surface area (Å²) in [6.45, 7) is 12.4. The minimum atomic E-state index is 0.590. The zero-order valence-corrected chi connectivity index (χ0v) is 13.2. The molecule has 1 heterocycles. The van der Waals surface area contributed by atoms with E-state index < -0.39 is 0 Å². The van der Waals surface area contributed by atoms with Crippen LogP contribution >= 0.6 is 0 Å². The molecule has 1 atom stereocenters. The summed E-state index contributed by atoms with van der Waals surface area (Å²) in [7, 11) is 2.21. The van der Waals surface area contributed by atoms with Crippen molar-refractivity contribution in [1.29, 1.82) is 0 Å². The maximum absolute atomic E-state index is 3.42. The monoisotopic (exact) mass is 275 g/mol. The number of piperazine rings is 1. The van der Waals surface area contributed by atoms with Gasteiger partial charge in [-0.1, -0.05) is 38.1 Å². The SMILES string of the molecule is CCNCC(C)c1ccc(CN2CCN(C)CC2)cc1. The van der Waals surface area contributed by atoms with E-state index in [4.69, 9.17) is 0 Å². The summed E-state index contributed by atoms with van der Waals surface area (Å²) in [6.07, 6.45) is 0. The van der Waals surface area contributed by atoms with Gasteiger partial charge in [-0.15, -0.1) is 0 Å². The lowest BCUT2D eigenvalue weighted by molar-refractivity contribution is 0.148. The smallest absolute Gasteiger partial charge is 0.0234 e. The van der Waals surface area contributed by atoms with Gasteiger partial charge in [-0.05, 0) is 30.6 Å². The molecule has 1 fully saturated rings. The van der Waals surface area contributed by atoms with Crippen molar-refractivity contribution in [1.82, 2.24) is 15.1 Å². The van der Waals surface area contributed by atoms with Crippen LogP contribution in [0.2, 0.25) is 0 Å². The molecule has 0 saturated carbocycles. The van der Waals surface area contributed by atoms with Crippen molar-refractivity contribution in [2.24, 2.45) is 0 Å². The lowest BCUT2D eigenvalue weighted by Crippen LogP contribution is -2.43. The fraction of sp³-hybridized carbons (Fsp3) is 0.647. The number of nitrogens with one attached hydrogen (secondary N) is 1. The number of rotatable bonds is 6. The molecule has 3 heteroatoms. The summed E-state index contributed by atoms with van der Waals surface area (Å²) in [5.41, 5.74) is 2.88. The van der Waals surface area contributed by atoms with Crippen LogP contribution in [0.25, 0.3) is 0 Å². The molecule has 1 saturated heterocycles. The second kappa shape index (κ2) is 7.77. The third-order valence-corrected chi connectivity index (χ3v) is 4.25. The highest BCUT2D eigenvalue weighted by atomic mass is 15.2. The molecular weight excluding hydrogens is 246 g/mol. The first kappa shape index (κ1) is 15.5. The molecule has 0 aromatic heterocycles. The molecule has 1 aliphatic heterocycles. The van der Waals surface area contributed by atoms with Crippen LogP contribution in [0.15, 0.2) is 24.3 Å². The number of hydrogen-bond acceptors (Lipinski definition) is 3. The van der Waals surface area contributed by atoms with E-state index >= 15 is 0 Å². The Balaban J connectivity index is 1.85. The van der Waals surface area contributed by atoms with Gasteiger partial charge in [-0.3, -0.25) is 4.90 Å². The maximum Gasteiger partial charge on any atom is 0.0234 e. The van der Waals surface area contributed by atoms with Gasteiger partial charge in [0.2, 0.25) is 0 Å². The van der Waals surface area contributed by atoms with Gasteiger partial charge in [0.1, 0.15) is 0 Å². The predicted octanol–water partition coefficient (Wildman–Crippen LogP) is 2.15. The molecule has 1 aromatic rings. The Bertz CT molecular complexity index is 380. The van der Waals surface area contributed by atoms with Crippen LogP contribution in [0.5, 0.6) is 0 Å². The summed E-state index contributed by atoms with van der Waals surface area (Å²) in [4.78, 5) is 4.96. The molecule has 0 bridgehead atoms. The Morgan fingerprint density at radius 2 is 1.75 bits per heavy atom. The molecule has 0 spiro atoms. The largest absolute Gasteiger partial charge is 0.316 e. The van der Waals surface area contributed by atoms with Crippen LogP contribution in [0, 0.1) is 0 Å². The third-order valence-electron chi connectivity index (χ3n) is 4.25. The summed E-state index contributed by atoms with van der Waals surface area (Å²) < 4.78 is 0. The zero-order chi connectivity index (χ0) is 14.4. The van der Waals surface area contributed by atoms with Crippen LogP contribution in [-0.4, -0.2) is 56.1 Å². The molecule has 112 valence electrons. The van der Waals surface area contributed by atoms with Crippen molar-refractivity contribution in [3.05, 3.63) is 35.4 Å². The average Bonchev–Trinajstić information content (AvgIpc) is 2.48. The topological polar surface area (TPSA) is 18.5 Å². The van der Waals surface area contributed by atoms with Gasteiger partial charge < -0.3 is 10.2 Å². The van der Waals surface area contributed by atoms with Crippen molar-refractivity contribution in [2.75, 3.05) is 46.3 Å². The van der Waals surface area contributed by atoms with E-state index in [1.165, 1.54) is 37.3 Å². The van der Waals surface area contributed by atoms with E-state index in [1.54, 1.807) is 0 Å². The second-order valence-corrected chi connectivity index (χ2v) is 6.03. The highest BCUT2D eigenvalue weighted by molar-refractivity contribution is 5.25. The lowest BCUT2D eigenvalue weighted by atomic mass is 9.99. The van der Waals surface area contributed by atoms with E-state index in [0.717, 1.165) is 19.6 Å². The van der Waals surface area contributed by atoms with E-state index in [0.29, 0.717) is 5.92 Å². The van der Waals surface area contributed by atoms with Gasteiger partial charge in [-0.25, -0.2) is 0 Å². The standard InChI is InChI=1S/C17H29N3/c1-4-18-13-15(2)17-7-5-16(6-8-17)14-20-11-9-19(3)10-12-20/h5-8,15,18H,4,9-14H2,1-3H3. The van der Waals surface area contributed by atoms with Crippen molar-refractivity contribution < 1.29 is 0 Å². The van der Waals surface area contributed by atoms with Gasteiger partial charge in [0.25, 0.3) is 0 Å². The minimum absolute atomic E-state index is 0.590. The van der Waals surface area contributed by atoms with Crippen LogP contribution in [0.1, 0.15) is 30.9 Å². The highest BCUT2D eigenvalue weighted by Crippen LogP contribution is 2.16. The first-order valence-electron chi connectivity index (χ1n) is 7.89. The van der Waals surface area contributed by atoms with E-state index in [1.807, 2.05) is 0 Å². The van der Waals surface area contributed by atoms with Gasteiger partial charge in [0.05, 0.1) is 0 Å². The normalized spacial score (nSPS) is 19.1. The molecule has 3 nitrogen and oxygen atoms in total. The first-order valence-corrected chi connectivity index (χ1v) is 7.89. The molecule has 0 aliphatic carbocycles. The fourth-order valence-corrected chi connectivity index (χ4v) is 2.69. The van der Waals surface area contributed by atoms with Crippen LogP contribution in [-0.2, 0) is 6.54 Å². The summed E-state index contributed by atoms with van der Waals surface area (Å²) >= 11 is 0. The van der Waals surface area contributed by atoms with Gasteiger partial charge in [0.15, 0.2) is 0 Å². The van der Waals surface area contributed by atoms with Crippen molar-refractivity contribution >= 4 is 0 Å². The van der Waals surface area contributed by atoms with Crippen LogP contribution in [0.3, 0.4) is 0 Å². The zero-order valence-electron chi connectivity index (χ0n) is 13.2. The Morgan fingerprint density at radius 3 is 2.35 bits per heavy atom. The molecule has 20 heavy (non-hydrogen) atoms. The van der Waals surface area contributed by atoms with Crippen LogP contribution < -0.4 is 5.32 Å². The van der Waals surface area contributed by atoms with Gasteiger partial charge in [-0.2, -0.15) is 0 Å². The Labute approximate surface area is 124 Å². The maximum atomic E-state index is 3.42. The van der Waals surface area contributed by atoms with Gasteiger partial charge in [0, 0.05) is 39.3 Å². The number of hydrogen-bond donors (Lipinski definition) is 1. The number of nitrogens with zero attached hydrogens (tertiary/aromatic N) is 2. The summed E-state index contributed by atoms with van der Waals surface area (Å²) in [6, 6.07) is 9.20. The molecule has 1 aromatic carbocycles. The predicted molar refractivity (Wildman–Crippen MR) is 86.2 cm³/mol. The summed E-state index contributed by atoms with van der Waals surface area (Å²) in [5.74, 6) is 0.590. The molecule has 1 N–H and O–H groups in total. The Morgan fingerprint density at radius 1 is 1.10 bits per heavy atom. The lowest BCUT2D eigenvalue weighted by Gasteiger charge is -2.32. The fourth-order valence-electron chi connectivity index (χ4n) is 2.69.